The molecule has 28 heavy (non-hydrogen) atoms. The Hall–Kier alpha value is -3.06. The van der Waals surface area contributed by atoms with Crippen LogP contribution in [0.25, 0.3) is 0 Å². The van der Waals surface area contributed by atoms with Crippen molar-refractivity contribution >= 4 is 35.1 Å². The number of carbonyl (C=O) groups is 2. The number of likely N-dealkylation sites (N-methyl/N-ethyl adjacent to an activating group) is 1. The molecule has 2 aromatic rings. The molecule has 0 saturated heterocycles. The molecule has 2 aliphatic heterocycles. The second-order valence-electron chi connectivity index (χ2n) is 6.45. The molecule has 4 rings (SSSR count). The van der Waals surface area contributed by atoms with Gasteiger partial charge in [-0.2, -0.15) is 0 Å². The summed E-state index contributed by atoms with van der Waals surface area (Å²) < 4.78 is 16.2. The molecular formula is C20H17ClN2O5. The van der Waals surface area contributed by atoms with Crippen molar-refractivity contribution in [1.29, 1.82) is 0 Å². The molecule has 144 valence electrons. The van der Waals surface area contributed by atoms with E-state index in [2.05, 4.69) is 4.99 Å². The van der Waals surface area contributed by atoms with E-state index in [0.717, 1.165) is 0 Å². The molecule has 0 bridgehead atoms. The van der Waals surface area contributed by atoms with Gasteiger partial charge in [-0.1, -0.05) is 11.6 Å². The number of ether oxygens (including phenoxy) is 3. The molecule has 0 N–H and O–H groups in total. The summed E-state index contributed by atoms with van der Waals surface area (Å²) in [6.45, 7) is 0. The lowest BCUT2D eigenvalue weighted by Gasteiger charge is -2.26. The minimum Gasteiger partial charge on any atom is -0.497 e. The van der Waals surface area contributed by atoms with Gasteiger partial charge in [-0.15, -0.1) is 0 Å². The molecule has 2 aromatic carbocycles. The van der Waals surface area contributed by atoms with Crippen LogP contribution >= 0.6 is 11.6 Å². The van der Waals surface area contributed by atoms with Crippen molar-refractivity contribution in [3.8, 4) is 5.75 Å². The van der Waals surface area contributed by atoms with Crippen molar-refractivity contribution in [2.75, 3.05) is 26.2 Å². The Kier molecular flexibility index (Phi) is 4.27. The summed E-state index contributed by atoms with van der Waals surface area (Å²) in [6.07, 6.45) is 0. The van der Waals surface area contributed by atoms with E-state index in [1.54, 1.807) is 56.6 Å². The number of carbonyl (C=O) groups excluding carboxylic acids is 2. The fourth-order valence-electron chi connectivity index (χ4n) is 3.58. The number of fused-ring (bicyclic) bond motifs is 2. The highest BCUT2D eigenvalue weighted by Crippen LogP contribution is 2.49. The maximum absolute atomic E-state index is 13.3. The van der Waals surface area contributed by atoms with Gasteiger partial charge in [-0.3, -0.25) is 4.79 Å². The molecule has 2 atom stereocenters. The number of halogens is 1. The van der Waals surface area contributed by atoms with Gasteiger partial charge in [0.05, 0.1) is 19.9 Å². The Morgan fingerprint density at radius 2 is 1.93 bits per heavy atom. The number of hydrogen-bond acceptors (Lipinski definition) is 6. The lowest BCUT2D eigenvalue weighted by atomic mass is 9.88. The normalized spacial score (nSPS) is 22.7. The van der Waals surface area contributed by atoms with Gasteiger partial charge in [0.15, 0.2) is 0 Å². The van der Waals surface area contributed by atoms with Crippen molar-refractivity contribution in [3.05, 3.63) is 58.6 Å². The van der Waals surface area contributed by atoms with Crippen molar-refractivity contribution in [1.82, 2.24) is 0 Å². The highest BCUT2D eigenvalue weighted by molar-refractivity contribution is 6.31. The predicted octanol–water partition coefficient (Wildman–Crippen LogP) is 2.54. The van der Waals surface area contributed by atoms with Crippen LogP contribution in [-0.4, -0.2) is 45.1 Å². The molecule has 2 heterocycles. The second-order valence-corrected chi connectivity index (χ2v) is 6.89. The molecule has 1 amide bonds. The van der Waals surface area contributed by atoms with Crippen molar-refractivity contribution in [2.45, 2.75) is 11.6 Å². The van der Waals surface area contributed by atoms with E-state index >= 15 is 0 Å². The SMILES string of the molecule is COC(=O)[C@@H]1N=C(c2ccc(OC)cc2)O[C@]12C(=O)N(C)c1ccc(Cl)cc12. The standard InChI is InChI=1S/C20H17ClN2O5/c1-23-15-9-6-12(21)10-14(15)20(19(23)25)16(18(24)27-3)22-17(28-20)11-4-7-13(26-2)8-5-11/h4-10,16H,1-3H3/t16-,20-/m0/s1. The van der Waals surface area contributed by atoms with Crippen LogP contribution in [0.4, 0.5) is 5.69 Å². The smallest absolute Gasteiger partial charge is 0.335 e. The summed E-state index contributed by atoms with van der Waals surface area (Å²) in [5.74, 6) is -0.242. The van der Waals surface area contributed by atoms with Gasteiger partial charge in [0, 0.05) is 23.2 Å². The van der Waals surface area contributed by atoms with Gasteiger partial charge in [0.1, 0.15) is 5.75 Å². The molecule has 0 fully saturated rings. The van der Waals surface area contributed by atoms with Crippen molar-refractivity contribution in [2.24, 2.45) is 4.99 Å². The number of nitrogens with zero attached hydrogens (tertiary/aromatic N) is 2. The lowest BCUT2D eigenvalue weighted by molar-refractivity contribution is -0.152. The van der Waals surface area contributed by atoms with Crippen LogP contribution in [-0.2, 0) is 24.7 Å². The highest BCUT2D eigenvalue weighted by atomic mass is 35.5. The van der Waals surface area contributed by atoms with Gasteiger partial charge >= 0.3 is 5.97 Å². The predicted molar refractivity (Wildman–Crippen MR) is 103 cm³/mol. The Morgan fingerprint density at radius 3 is 2.57 bits per heavy atom. The minimum absolute atomic E-state index is 0.174. The molecule has 0 aromatic heterocycles. The van der Waals surface area contributed by atoms with E-state index in [4.69, 9.17) is 25.8 Å². The third-order valence-corrected chi connectivity index (χ3v) is 5.23. The third-order valence-electron chi connectivity index (χ3n) is 4.99. The van der Waals surface area contributed by atoms with Crippen LogP contribution in [0.15, 0.2) is 47.5 Å². The van der Waals surface area contributed by atoms with Gasteiger partial charge in [-0.05, 0) is 42.5 Å². The topological polar surface area (TPSA) is 77.4 Å². The van der Waals surface area contributed by atoms with E-state index in [1.165, 1.54) is 12.0 Å². The molecule has 0 unspecified atom stereocenters. The van der Waals surface area contributed by atoms with Crippen LogP contribution in [0.3, 0.4) is 0 Å². The van der Waals surface area contributed by atoms with Crippen LogP contribution in [0.1, 0.15) is 11.1 Å². The zero-order valence-electron chi connectivity index (χ0n) is 15.4. The summed E-state index contributed by atoms with van der Waals surface area (Å²) in [4.78, 5) is 31.7. The number of amides is 1. The first-order valence-electron chi connectivity index (χ1n) is 8.49. The van der Waals surface area contributed by atoms with Crippen LogP contribution < -0.4 is 9.64 Å². The number of benzene rings is 2. The molecule has 0 aliphatic carbocycles. The lowest BCUT2D eigenvalue weighted by Crippen LogP contribution is -2.50. The number of anilines is 1. The van der Waals surface area contributed by atoms with Crippen LogP contribution in [0.2, 0.25) is 5.02 Å². The molecular weight excluding hydrogens is 384 g/mol. The molecule has 1 spiro atoms. The van der Waals surface area contributed by atoms with Crippen LogP contribution in [0.5, 0.6) is 5.75 Å². The largest absolute Gasteiger partial charge is 0.497 e. The Labute approximate surface area is 166 Å². The number of aliphatic imine (C=N–C) groups is 1. The quantitative estimate of drug-likeness (QED) is 0.740. The summed E-state index contributed by atoms with van der Waals surface area (Å²) in [6, 6.07) is 10.8. The maximum atomic E-state index is 13.3. The van der Waals surface area contributed by atoms with Crippen molar-refractivity contribution in [3.63, 3.8) is 0 Å². The Balaban J connectivity index is 1.86. The fourth-order valence-corrected chi connectivity index (χ4v) is 3.75. The first-order valence-corrected chi connectivity index (χ1v) is 8.87. The van der Waals surface area contributed by atoms with Gasteiger partial charge in [-0.25, -0.2) is 9.79 Å². The molecule has 8 heteroatoms. The summed E-state index contributed by atoms with van der Waals surface area (Å²) in [5, 5.41) is 0.423. The Bertz CT molecular complexity index is 1000. The number of rotatable bonds is 3. The van der Waals surface area contributed by atoms with Gasteiger partial charge in [0.25, 0.3) is 5.91 Å². The maximum Gasteiger partial charge on any atom is 0.335 e. The van der Waals surface area contributed by atoms with Gasteiger partial charge < -0.3 is 19.1 Å². The van der Waals surface area contributed by atoms with E-state index in [-0.39, 0.29) is 5.90 Å². The molecule has 7 nitrogen and oxygen atoms in total. The zero-order valence-corrected chi connectivity index (χ0v) is 16.2. The van der Waals surface area contributed by atoms with E-state index in [0.29, 0.717) is 27.6 Å². The summed E-state index contributed by atoms with van der Waals surface area (Å²) in [7, 11) is 4.43. The molecule has 0 radical (unpaired) electrons. The third kappa shape index (κ3) is 2.46. The second kappa shape index (κ2) is 6.53. The minimum atomic E-state index is -1.66. The van der Waals surface area contributed by atoms with E-state index in [9.17, 15) is 9.59 Å². The van der Waals surface area contributed by atoms with Gasteiger partial charge in [0.2, 0.25) is 17.5 Å². The van der Waals surface area contributed by atoms with Crippen molar-refractivity contribution < 1.29 is 23.8 Å². The first kappa shape index (κ1) is 18.3. The molecule has 2 aliphatic rings. The number of methoxy groups -OCH3 is 2. The van der Waals surface area contributed by atoms with E-state index < -0.39 is 23.5 Å². The Morgan fingerprint density at radius 1 is 1.21 bits per heavy atom. The first-order chi connectivity index (χ1) is 13.4. The average Bonchev–Trinajstić information content (AvgIpc) is 3.21. The van der Waals surface area contributed by atoms with E-state index in [1.807, 2.05) is 0 Å². The number of esters is 1. The monoisotopic (exact) mass is 400 g/mol. The summed E-state index contributed by atoms with van der Waals surface area (Å²) >= 11 is 6.18. The number of hydrogen-bond donors (Lipinski definition) is 0. The summed E-state index contributed by atoms with van der Waals surface area (Å²) in [5.41, 5.74) is 0.0410. The average molecular weight is 401 g/mol. The fraction of sp³-hybridized carbons (Fsp3) is 0.250. The van der Waals surface area contributed by atoms with Crippen LogP contribution in [0, 0.1) is 0 Å². The highest BCUT2D eigenvalue weighted by Gasteiger charge is 2.64. The molecule has 0 saturated carbocycles. The zero-order chi connectivity index (χ0) is 20.1.